The largest absolute Gasteiger partial charge is 0.485 e. The molecule has 1 saturated heterocycles. The van der Waals surface area contributed by atoms with Crippen LogP contribution in [0.15, 0.2) is 24.3 Å². The maximum atomic E-state index is 12.5. The first-order chi connectivity index (χ1) is 11.7. The number of likely N-dealkylation sites (tertiary alicyclic amines) is 1. The fraction of sp³-hybridized carbons (Fsp3) is 0.550. The van der Waals surface area contributed by atoms with E-state index < -0.39 is 0 Å². The molecule has 2 aliphatic heterocycles. The molecule has 24 heavy (non-hydrogen) atoms. The first-order valence-electron chi connectivity index (χ1n) is 9.06. The Bertz CT molecular complexity index is 755. The molecule has 1 aromatic carbocycles. The van der Waals surface area contributed by atoms with Crippen LogP contribution in [0, 0.1) is 12.8 Å². The van der Waals surface area contributed by atoms with Crippen LogP contribution in [0.5, 0.6) is 5.75 Å². The monoisotopic (exact) mass is 325 g/mol. The van der Waals surface area contributed by atoms with Crippen LogP contribution in [0.25, 0.3) is 0 Å². The number of nitrogens with zero attached hydrogens (tertiary/aromatic N) is 1. The third kappa shape index (κ3) is 1.57. The number of carbonyl (C=O) groups excluding carboxylic acids is 1. The molecule has 1 fully saturated rings. The van der Waals surface area contributed by atoms with Crippen LogP contribution in [0.2, 0.25) is 0 Å². The van der Waals surface area contributed by atoms with Crippen LogP contribution in [0.4, 0.5) is 4.79 Å². The fourth-order valence-electron chi connectivity index (χ4n) is 5.65. The van der Waals surface area contributed by atoms with Gasteiger partial charge in [-0.05, 0) is 56.2 Å². The van der Waals surface area contributed by atoms with E-state index in [4.69, 9.17) is 9.47 Å². The van der Waals surface area contributed by atoms with Gasteiger partial charge >= 0.3 is 6.09 Å². The molecule has 0 radical (unpaired) electrons. The number of aryl methyl sites for hydroxylation is 1. The van der Waals surface area contributed by atoms with Gasteiger partial charge in [0, 0.05) is 23.6 Å². The molecule has 2 aliphatic carbocycles. The molecular formula is C20H23NO3. The van der Waals surface area contributed by atoms with E-state index >= 15 is 0 Å². The molecule has 1 aromatic rings. The number of ether oxygens (including phenoxy) is 2. The van der Waals surface area contributed by atoms with Crippen LogP contribution in [0.3, 0.4) is 0 Å². The van der Waals surface area contributed by atoms with Crippen molar-refractivity contribution >= 4 is 6.09 Å². The molecule has 1 spiro atoms. The highest BCUT2D eigenvalue weighted by molar-refractivity contribution is 5.70. The van der Waals surface area contributed by atoms with E-state index in [0.29, 0.717) is 12.5 Å². The minimum absolute atomic E-state index is 0.0529. The normalized spacial score (nSPS) is 34.6. The number of carbonyl (C=O) groups is 1. The van der Waals surface area contributed by atoms with Gasteiger partial charge in [-0.15, -0.1) is 0 Å². The molecule has 0 aromatic heterocycles. The van der Waals surface area contributed by atoms with Crippen LogP contribution in [-0.4, -0.2) is 36.3 Å². The van der Waals surface area contributed by atoms with E-state index in [-0.39, 0.29) is 23.7 Å². The minimum atomic E-state index is -0.154. The van der Waals surface area contributed by atoms with Gasteiger partial charge in [-0.25, -0.2) is 4.79 Å². The molecule has 0 N–H and O–H groups in total. The number of piperidine rings is 1. The zero-order valence-electron chi connectivity index (χ0n) is 14.2. The lowest BCUT2D eigenvalue weighted by atomic mass is 9.53. The van der Waals surface area contributed by atoms with Gasteiger partial charge in [-0.1, -0.05) is 18.2 Å². The highest BCUT2D eigenvalue weighted by atomic mass is 16.6. The Kier molecular flexibility index (Phi) is 2.86. The third-order valence-electron chi connectivity index (χ3n) is 6.58. The minimum Gasteiger partial charge on any atom is -0.485 e. The van der Waals surface area contributed by atoms with Gasteiger partial charge in [0.05, 0.1) is 6.61 Å². The lowest BCUT2D eigenvalue weighted by molar-refractivity contribution is -0.0152. The topological polar surface area (TPSA) is 38.8 Å². The molecule has 2 bridgehead atoms. The number of allylic oxidation sites excluding steroid dienone is 1. The van der Waals surface area contributed by atoms with Crippen molar-refractivity contribution in [2.24, 2.45) is 5.92 Å². The first-order valence-corrected chi connectivity index (χ1v) is 9.06. The number of hydrogen-bond acceptors (Lipinski definition) is 3. The summed E-state index contributed by atoms with van der Waals surface area (Å²) in [6, 6.07) is 4.63. The Morgan fingerprint density at radius 2 is 2.33 bits per heavy atom. The van der Waals surface area contributed by atoms with Gasteiger partial charge in [-0.3, -0.25) is 0 Å². The number of amides is 1. The zero-order valence-corrected chi connectivity index (χ0v) is 14.2. The standard InChI is InChI=1S/C20H23NO3/c1-3-23-19(22)21-10-9-20-14-5-4-6-16(20)24-18-12(2)7-8-13(17(18)20)11-15(14)21/h4,6-8,14-16H,3,5,9-11H2,1-2H3/t14-,15+,16-,20+/m0/s1. The van der Waals surface area contributed by atoms with Crippen LogP contribution in [0.1, 0.15) is 36.5 Å². The Morgan fingerprint density at radius 1 is 1.46 bits per heavy atom. The van der Waals surface area contributed by atoms with Crippen molar-refractivity contribution in [2.75, 3.05) is 13.2 Å². The van der Waals surface area contributed by atoms with Crippen molar-refractivity contribution in [3.8, 4) is 5.75 Å². The van der Waals surface area contributed by atoms with E-state index in [0.717, 1.165) is 31.6 Å². The summed E-state index contributed by atoms with van der Waals surface area (Å²) in [6.07, 6.45) is 7.37. The quantitative estimate of drug-likeness (QED) is 0.743. The van der Waals surface area contributed by atoms with Gasteiger partial charge in [0.1, 0.15) is 11.9 Å². The second-order valence-corrected chi connectivity index (χ2v) is 7.51. The summed E-state index contributed by atoms with van der Waals surface area (Å²) in [6.45, 7) is 5.21. The van der Waals surface area contributed by atoms with E-state index in [1.807, 2.05) is 11.8 Å². The van der Waals surface area contributed by atoms with Crippen molar-refractivity contribution in [1.29, 1.82) is 0 Å². The lowest BCUT2D eigenvalue weighted by Crippen LogP contribution is -2.64. The predicted octanol–water partition coefficient (Wildman–Crippen LogP) is 3.36. The highest BCUT2D eigenvalue weighted by Gasteiger charge is 2.63. The van der Waals surface area contributed by atoms with Crippen molar-refractivity contribution < 1.29 is 14.3 Å². The molecule has 1 amide bonds. The van der Waals surface area contributed by atoms with Gasteiger partial charge in [0.15, 0.2) is 0 Å². The molecule has 0 unspecified atom stereocenters. The Hall–Kier alpha value is -1.97. The van der Waals surface area contributed by atoms with E-state index in [1.165, 1.54) is 16.7 Å². The van der Waals surface area contributed by atoms with Crippen LogP contribution < -0.4 is 4.74 Å². The summed E-state index contributed by atoms with van der Waals surface area (Å²) in [7, 11) is 0. The molecule has 2 heterocycles. The Balaban J connectivity index is 1.67. The lowest BCUT2D eigenvalue weighted by Gasteiger charge is -2.56. The molecular weight excluding hydrogens is 302 g/mol. The predicted molar refractivity (Wildman–Crippen MR) is 90.4 cm³/mol. The van der Waals surface area contributed by atoms with E-state index in [1.54, 1.807) is 0 Å². The van der Waals surface area contributed by atoms with Crippen molar-refractivity contribution in [3.63, 3.8) is 0 Å². The maximum absolute atomic E-state index is 12.5. The average Bonchev–Trinajstić information content (AvgIpc) is 2.91. The Morgan fingerprint density at radius 3 is 3.17 bits per heavy atom. The molecule has 4 aliphatic rings. The first kappa shape index (κ1) is 14.4. The van der Waals surface area contributed by atoms with Gasteiger partial charge in [0.25, 0.3) is 0 Å². The van der Waals surface area contributed by atoms with E-state index in [2.05, 4.69) is 31.2 Å². The molecule has 4 nitrogen and oxygen atoms in total. The van der Waals surface area contributed by atoms with Gasteiger partial charge in [-0.2, -0.15) is 0 Å². The van der Waals surface area contributed by atoms with Crippen molar-refractivity contribution in [3.05, 3.63) is 41.0 Å². The van der Waals surface area contributed by atoms with Crippen molar-refractivity contribution in [1.82, 2.24) is 4.90 Å². The van der Waals surface area contributed by atoms with Gasteiger partial charge < -0.3 is 14.4 Å². The summed E-state index contributed by atoms with van der Waals surface area (Å²) in [5, 5.41) is 0. The second-order valence-electron chi connectivity index (χ2n) is 7.51. The summed E-state index contributed by atoms with van der Waals surface area (Å²) >= 11 is 0. The number of rotatable bonds is 1. The molecule has 4 atom stereocenters. The second kappa shape index (κ2) is 4.78. The molecule has 0 saturated carbocycles. The number of benzene rings is 1. The smallest absolute Gasteiger partial charge is 0.410 e. The molecule has 4 heteroatoms. The van der Waals surface area contributed by atoms with E-state index in [9.17, 15) is 4.79 Å². The number of hydrogen-bond donors (Lipinski definition) is 0. The fourth-order valence-corrected chi connectivity index (χ4v) is 5.65. The maximum Gasteiger partial charge on any atom is 0.410 e. The summed E-state index contributed by atoms with van der Waals surface area (Å²) < 4.78 is 11.8. The van der Waals surface area contributed by atoms with Crippen molar-refractivity contribution in [2.45, 2.75) is 50.7 Å². The van der Waals surface area contributed by atoms with Crippen LogP contribution >= 0.6 is 0 Å². The van der Waals surface area contributed by atoms with Gasteiger partial charge in [0.2, 0.25) is 0 Å². The highest BCUT2D eigenvalue weighted by Crippen LogP contribution is 2.61. The molecule has 5 rings (SSSR count). The Labute approximate surface area is 142 Å². The zero-order chi connectivity index (χ0) is 16.5. The SMILES string of the molecule is CCOC(=O)N1CC[C@]23c4c5ccc(C)c4O[C@H]2C=CC[C@H]3[C@H]1C5. The average molecular weight is 325 g/mol. The third-order valence-corrected chi connectivity index (χ3v) is 6.58. The summed E-state index contributed by atoms with van der Waals surface area (Å²) in [5.74, 6) is 1.54. The summed E-state index contributed by atoms with van der Waals surface area (Å²) in [4.78, 5) is 14.5. The molecule has 126 valence electrons. The van der Waals surface area contributed by atoms with Crippen LogP contribution in [-0.2, 0) is 16.6 Å². The summed E-state index contributed by atoms with van der Waals surface area (Å²) in [5.41, 5.74) is 4.10.